The first-order chi connectivity index (χ1) is 19.5. The molecule has 2 N–H and O–H groups in total. The summed E-state index contributed by atoms with van der Waals surface area (Å²) in [7, 11) is 0. The standard InChI is InChI=1S/C33H31N3O4/c1-23(33(39)35-32-16-7-8-19-34-32)20-29(38)28(21-24-10-3-2-4-11-24)36(22-37)27-13-9-15-31-26(27)18-17-25-12-5-6-14-30(25)40-31/h2-19,22-23,28-29,38H,20-21H2,1H3,(H,34,35,39)/t23-,28+,29+/m1/s1. The van der Waals surface area contributed by atoms with Crippen LogP contribution < -0.4 is 15.0 Å². The van der Waals surface area contributed by atoms with Gasteiger partial charge in [0.05, 0.1) is 17.8 Å². The summed E-state index contributed by atoms with van der Waals surface area (Å²) < 4.78 is 6.22. The Kier molecular flexibility index (Phi) is 8.32. The molecule has 0 radical (unpaired) electrons. The van der Waals surface area contributed by atoms with Gasteiger partial charge < -0.3 is 20.1 Å². The number of ether oxygens (including phenoxy) is 1. The number of aliphatic hydroxyl groups is 1. The molecule has 0 spiro atoms. The molecule has 0 saturated heterocycles. The lowest BCUT2D eigenvalue weighted by Crippen LogP contribution is -2.46. The number of hydrogen-bond acceptors (Lipinski definition) is 5. The number of nitrogens with zero attached hydrogens (tertiary/aromatic N) is 2. The van der Waals surface area contributed by atoms with Gasteiger partial charge in [-0.15, -0.1) is 0 Å². The van der Waals surface area contributed by atoms with E-state index in [4.69, 9.17) is 4.74 Å². The van der Waals surface area contributed by atoms with E-state index < -0.39 is 18.1 Å². The Morgan fingerprint density at radius 1 is 0.950 bits per heavy atom. The molecule has 0 saturated carbocycles. The predicted octanol–water partition coefficient (Wildman–Crippen LogP) is 5.96. The molecule has 0 fully saturated rings. The topological polar surface area (TPSA) is 91.8 Å². The van der Waals surface area contributed by atoms with Crippen molar-refractivity contribution in [3.05, 3.63) is 114 Å². The van der Waals surface area contributed by atoms with E-state index in [9.17, 15) is 14.7 Å². The average molecular weight is 534 g/mol. The lowest BCUT2D eigenvalue weighted by molar-refractivity contribution is -0.120. The summed E-state index contributed by atoms with van der Waals surface area (Å²) in [6, 6.07) is 27.6. The number of carbonyl (C=O) groups is 2. The van der Waals surface area contributed by atoms with Crippen molar-refractivity contribution in [1.82, 2.24) is 4.98 Å². The number of hydrogen-bond donors (Lipinski definition) is 2. The van der Waals surface area contributed by atoms with Gasteiger partial charge in [-0.1, -0.05) is 73.7 Å². The molecule has 2 heterocycles. The lowest BCUT2D eigenvalue weighted by atomic mass is 9.92. The zero-order chi connectivity index (χ0) is 27.9. The van der Waals surface area contributed by atoms with Gasteiger partial charge in [-0.2, -0.15) is 0 Å². The quantitative estimate of drug-likeness (QED) is 0.216. The molecule has 202 valence electrons. The van der Waals surface area contributed by atoms with Gasteiger partial charge in [0.2, 0.25) is 12.3 Å². The lowest BCUT2D eigenvalue weighted by Gasteiger charge is -2.34. The normalized spacial score (nSPS) is 13.9. The van der Waals surface area contributed by atoms with Crippen molar-refractivity contribution in [2.45, 2.75) is 31.9 Å². The van der Waals surface area contributed by atoms with Crippen molar-refractivity contribution in [3.8, 4) is 11.5 Å². The second kappa shape index (κ2) is 12.4. The molecular formula is C33H31N3O4. The Bertz CT molecular complexity index is 1490. The maximum Gasteiger partial charge on any atom is 0.228 e. The second-order valence-electron chi connectivity index (χ2n) is 9.84. The van der Waals surface area contributed by atoms with Crippen molar-refractivity contribution in [2.24, 2.45) is 5.92 Å². The smallest absolute Gasteiger partial charge is 0.228 e. The summed E-state index contributed by atoms with van der Waals surface area (Å²) >= 11 is 0. The van der Waals surface area contributed by atoms with Gasteiger partial charge in [-0.25, -0.2) is 4.98 Å². The highest BCUT2D eigenvalue weighted by Gasteiger charge is 2.31. The summed E-state index contributed by atoms with van der Waals surface area (Å²) in [6.07, 6.45) is 5.78. The van der Waals surface area contributed by atoms with Gasteiger partial charge in [-0.05, 0) is 54.8 Å². The number of rotatable bonds is 10. The van der Waals surface area contributed by atoms with E-state index in [1.165, 1.54) is 0 Å². The van der Waals surface area contributed by atoms with E-state index in [0.29, 0.717) is 23.7 Å². The number of anilines is 2. The van der Waals surface area contributed by atoms with Crippen molar-refractivity contribution in [1.29, 1.82) is 0 Å². The fraction of sp³-hybridized carbons (Fsp3) is 0.182. The van der Waals surface area contributed by atoms with Crippen molar-refractivity contribution in [2.75, 3.05) is 10.2 Å². The number of nitrogens with one attached hydrogen (secondary N) is 1. The summed E-state index contributed by atoms with van der Waals surface area (Å²) in [4.78, 5) is 31.4. The maximum absolute atomic E-state index is 12.9. The number of para-hydroxylation sites is 1. The molecule has 5 rings (SSSR count). The van der Waals surface area contributed by atoms with Crippen LogP contribution in [0, 0.1) is 5.92 Å². The number of pyridine rings is 1. The summed E-state index contributed by atoms with van der Waals surface area (Å²) in [5.41, 5.74) is 3.24. The number of carbonyl (C=O) groups excluding carboxylic acids is 2. The Balaban J connectivity index is 1.45. The highest BCUT2D eigenvalue weighted by Crippen LogP contribution is 2.39. The number of amides is 2. The van der Waals surface area contributed by atoms with E-state index in [2.05, 4.69) is 10.3 Å². The molecular weight excluding hydrogens is 502 g/mol. The molecule has 0 aliphatic carbocycles. The molecule has 7 heteroatoms. The van der Waals surface area contributed by atoms with Crippen molar-refractivity contribution < 1.29 is 19.4 Å². The predicted molar refractivity (Wildman–Crippen MR) is 157 cm³/mol. The zero-order valence-electron chi connectivity index (χ0n) is 22.2. The van der Waals surface area contributed by atoms with E-state index in [1.54, 1.807) is 36.2 Å². The fourth-order valence-electron chi connectivity index (χ4n) is 4.92. The molecule has 0 bridgehead atoms. The van der Waals surface area contributed by atoms with E-state index in [-0.39, 0.29) is 12.3 Å². The average Bonchev–Trinajstić information content (AvgIpc) is 3.18. The van der Waals surface area contributed by atoms with Crippen LogP contribution in [0.4, 0.5) is 11.5 Å². The highest BCUT2D eigenvalue weighted by molar-refractivity contribution is 5.91. The highest BCUT2D eigenvalue weighted by atomic mass is 16.5. The van der Waals surface area contributed by atoms with Crippen LogP contribution in [0.2, 0.25) is 0 Å². The van der Waals surface area contributed by atoms with Crippen LogP contribution in [-0.4, -0.2) is 34.6 Å². The maximum atomic E-state index is 12.9. The van der Waals surface area contributed by atoms with Crippen LogP contribution >= 0.6 is 0 Å². The molecule has 3 aromatic carbocycles. The molecule has 1 aromatic heterocycles. The van der Waals surface area contributed by atoms with Crippen molar-refractivity contribution in [3.63, 3.8) is 0 Å². The van der Waals surface area contributed by atoms with E-state index in [1.807, 2.05) is 84.9 Å². The first-order valence-corrected chi connectivity index (χ1v) is 13.3. The molecule has 0 unspecified atom stereocenters. The second-order valence-corrected chi connectivity index (χ2v) is 9.84. The van der Waals surface area contributed by atoms with Gasteiger partial charge in [0.25, 0.3) is 0 Å². The fourth-order valence-corrected chi connectivity index (χ4v) is 4.92. The first kappa shape index (κ1) is 26.8. The van der Waals surface area contributed by atoms with Gasteiger partial charge in [-0.3, -0.25) is 9.59 Å². The van der Waals surface area contributed by atoms with Crippen molar-refractivity contribution >= 4 is 36.0 Å². The molecule has 40 heavy (non-hydrogen) atoms. The van der Waals surface area contributed by atoms with E-state index in [0.717, 1.165) is 28.8 Å². The van der Waals surface area contributed by atoms with Crippen LogP contribution in [-0.2, 0) is 16.0 Å². The Labute approximate surface area is 233 Å². The molecule has 4 aromatic rings. The SMILES string of the molecule is C[C@H](C[C@H](O)[C@H](Cc1ccccc1)N(C=O)c1cccc2c1C=Cc1ccccc1O2)C(=O)Nc1ccccn1. The summed E-state index contributed by atoms with van der Waals surface area (Å²) in [5, 5.41) is 14.4. The third-order valence-electron chi connectivity index (χ3n) is 7.05. The third-order valence-corrected chi connectivity index (χ3v) is 7.05. The number of aromatic nitrogens is 1. The summed E-state index contributed by atoms with van der Waals surface area (Å²) in [5.74, 6) is 0.998. The number of aliphatic hydroxyl groups excluding tert-OH is 1. The van der Waals surface area contributed by atoms with Crippen LogP contribution in [0.15, 0.2) is 97.2 Å². The third kappa shape index (κ3) is 6.11. The number of benzene rings is 3. The Morgan fingerprint density at radius 3 is 2.48 bits per heavy atom. The molecule has 2 amide bonds. The zero-order valence-corrected chi connectivity index (χ0v) is 22.2. The molecule has 1 aliphatic heterocycles. The molecule has 1 aliphatic rings. The number of fused-ring (bicyclic) bond motifs is 2. The van der Waals surface area contributed by atoms with E-state index >= 15 is 0 Å². The van der Waals surface area contributed by atoms with Gasteiger partial charge in [0, 0.05) is 23.2 Å². The minimum absolute atomic E-state index is 0.146. The van der Waals surface area contributed by atoms with Gasteiger partial charge in [0.15, 0.2) is 0 Å². The minimum atomic E-state index is -1.00. The molecule has 3 atom stereocenters. The van der Waals surface area contributed by atoms with Crippen LogP contribution in [0.25, 0.3) is 12.2 Å². The minimum Gasteiger partial charge on any atom is -0.456 e. The van der Waals surface area contributed by atoms with Crippen LogP contribution in [0.5, 0.6) is 11.5 Å². The van der Waals surface area contributed by atoms with Crippen LogP contribution in [0.1, 0.15) is 30.0 Å². The summed E-state index contributed by atoms with van der Waals surface area (Å²) in [6.45, 7) is 1.76. The monoisotopic (exact) mass is 533 g/mol. The van der Waals surface area contributed by atoms with Crippen LogP contribution in [0.3, 0.4) is 0 Å². The largest absolute Gasteiger partial charge is 0.456 e. The van der Waals surface area contributed by atoms with Gasteiger partial charge >= 0.3 is 0 Å². The molecule has 7 nitrogen and oxygen atoms in total. The van der Waals surface area contributed by atoms with Gasteiger partial charge in [0.1, 0.15) is 17.3 Å². The Hall–Kier alpha value is -4.75. The Morgan fingerprint density at radius 2 is 1.70 bits per heavy atom. The first-order valence-electron chi connectivity index (χ1n) is 13.3.